The van der Waals surface area contributed by atoms with E-state index in [-0.39, 0.29) is 12.9 Å². The van der Waals surface area contributed by atoms with Gasteiger partial charge in [-0.3, -0.25) is 0 Å². The number of halogens is 3. The monoisotopic (exact) mass is 452 g/mol. The third kappa shape index (κ3) is 4.69. The van der Waals surface area contributed by atoms with Crippen LogP contribution in [0.25, 0.3) is 0 Å². The van der Waals surface area contributed by atoms with Crippen molar-refractivity contribution >= 4 is 5.71 Å². The molecule has 7 nitrogen and oxygen atoms in total. The lowest BCUT2D eigenvalue weighted by Crippen LogP contribution is -2.23. The third-order valence-corrected chi connectivity index (χ3v) is 5.22. The van der Waals surface area contributed by atoms with Gasteiger partial charge in [0.15, 0.2) is 11.5 Å². The zero-order valence-corrected chi connectivity index (χ0v) is 17.6. The van der Waals surface area contributed by atoms with Crippen molar-refractivity contribution in [2.24, 2.45) is 5.16 Å². The molecule has 2 aromatic carbocycles. The molecule has 0 unspecified atom stereocenters. The van der Waals surface area contributed by atoms with Gasteiger partial charge in [-0.05, 0) is 17.7 Å². The number of hydrogen-bond donors (Lipinski definition) is 1. The van der Waals surface area contributed by atoms with Gasteiger partial charge in [0.2, 0.25) is 18.3 Å². The molecule has 172 valence electrons. The highest BCUT2D eigenvalue weighted by molar-refractivity contribution is 5.87. The maximum atomic E-state index is 12.8. The van der Waals surface area contributed by atoms with Gasteiger partial charge in [-0.25, -0.2) is 0 Å². The lowest BCUT2D eigenvalue weighted by atomic mass is 10.0. The van der Waals surface area contributed by atoms with Crippen LogP contribution in [0.5, 0.6) is 23.0 Å². The van der Waals surface area contributed by atoms with Crippen LogP contribution in [0.2, 0.25) is 0 Å². The van der Waals surface area contributed by atoms with Crippen LogP contribution in [0, 0.1) is 0 Å². The van der Waals surface area contributed by atoms with Crippen LogP contribution in [0.15, 0.2) is 35.5 Å². The number of ether oxygens (including phenoxy) is 4. The van der Waals surface area contributed by atoms with Crippen molar-refractivity contribution in [1.29, 1.82) is 0 Å². The van der Waals surface area contributed by atoms with Crippen LogP contribution in [-0.4, -0.2) is 39.4 Å². The molecule has 2 aromatic rings. The molecule has 1 atom stereocenters. The molecular weight excluding hydrogens is 429 g/mol. The lowest BCUT2D eigenvalue weighted by molar-refractivity contribution is -0.137. The normalized spacial score (nSPS) is 17.2. The molecular formula is C22H23F3N2O5. The summed E-state index contributed by atoms with van der Waals surface area (Å²) in [5, 5.41) is 7.24. The first kappa shape index (κ1) is 22.1. The van der Waals surface area contributed by atoms with Crippen molar-refractivity contribution in [3.05, 3.63) is 47.0 Å². The Morgan fingerprint density at radius 1 is 1.09 bits per heavy atom. The van der Waals surface area contributed by atoms with Gasteiger partial charge >= 0.3 is 6.18 Å². The van der Waals surface area contributed by atoms with E-state index in [9.17, 15) is 13.2 Å². The molecule has 0 aromatic heterocycles. The second-order valence-corrected chi connectivity index (χ2v) is 7.43. The van der Waals surface area contributed by atoms with Crippen molar-refractivity contribution in [3.8, 4) is 23.0 Å². The first-order valence-electron chi connectivity index (χ1n) is 10.0. The predicted molar refractivity (Wildman–Crippen MR) is 109 cm³/mol. The lowest BCUT2D eigenvalue weighted by Gasteiger charge is -2.15. The Bertz CT molecular complexity index is 1010. The fraction of sp³-hybridized carbons (Fsp3) is 0.409. The van der Waals surface area contributed by atoms with Crippen LogP contribution < -0.4 is 24.3 Å². The summed E-state index contributed by atoms with van der Waals surface area (Å²) in [6, 6.07) is 7.08. The molecule has 1 N–H and O–H groups in total. The van der Waals surface area contributed by atoms with Crippen molar-refractivity contribution in [1.82, 2.24) is 5.32 Å². The molecule has 0 fully saturated rings. The summed E-state index contributed by atoms with van der Waals surface area (Å²) in [6.45, 7) is 0.797. The smallest absolute Gasteiger partial charge is 0.416 e. The van der Waals surface area contributed by atoms with E-state index < -0.39 is 11.7 Å². The fourth-order valence-corrected chi connectivity index (χ4v) is 3.75. The number of oxime groups is 1. The molecule has 0 saturated carbocycles. The topological polar surface area (TPSA) is 70.5 Å². The molecule has 4 rings (SSSR count). The summed E-state index contributed by atoms with van der Waals surface area (Å²) in [7, 11) is 3.11. The number of alkyl halides is 3. The summed E-state index contributed by atoms with van der Waals surface area (Å²) in [5.74, 6) is 2.13. The Kier molecular flexibility index (Phi) is 6.31. The Balaban J connectivity index is 1.33. The molecule has 2 aliphatic rings. The molecule has 0 amide bonds. The minimum atomic E-state index is -4.36. The number of rotatable bonds is 8. The van der Waals surface area contributed by atoms with Crippen LogP contribution in [0.1, 0.15) is 23.1 Å². The van der Waals surface area contributed by atoms with Crippen LogP contribution in [0.4, 0.5) is 13.2 Å². The Hall–Kier alpha value is -3.14. The minimum absolute atomic E-state index is 0.0935. The summed E-state index contributed by atoms with van der Waals surface area (Å²) in [4.78, 5) is 5.56. The molecule has 10 heteroatoms. The minimum Gasteiger partial charge on any atom is -0.493 e. The largest absolute Gasteiger partial charge is 0.493 e. The zero-order valence-electron chi connectivity index (χ0n) is 17.6. The molecule has 0 bridgehead atoms. The number of fused-ring (bicyclic) bond motifs is 1. The van der Waals surface area contributed by atoms with E-state index in [2.05, 4.69) is 10.5 Å². The average Bonchev–Trinajstić information content (AvgIpc) is 3.43. The summed E-state index contributed by atoms with van der Waals surface area (Å²) < 4.78 is 60.5. The van der Waals surface area contributed by atoms with Gasteiger partial charge in [0.25, 0.3) is 0 Å². The second-order valence-electron chi connectivity index (χ2n) is 7.43. The summed E-state index contributed by atoms with van der Waals surface area (Å²) >= 11 is 0. The van der Waals surface area contributed by atoms with Gasteiger partial charge in [0.1, 0.15) is 6.10 Å². The maximum absolute atomic E-state index is 12.8. The van der Waals surface area contributed by atoms with Gasteiger partial charge in [-0.1, -0.05) is 23.4 Å². The van der Waals surface area contributed by atoms with Gasteiger partial charge in [-0.15, -0.1) is 0 Å². The van der Waals surface area contributed by atoms with Crippen LogP contribution >= 0.6 is 0 Å². The maximum Gasteiger partial charge on any atom is 0.416 e. The van der Waals surface area contributed by atoms with E-state index >= 15 is 0 Å². The van der Waals surface area contributed by atoms with E-state index in [4.69, 9.17) is 23.8 Å². The number of methoxy groups -OCH3 is 2. The Labute approximate surface area is 183 Å². The first-order chi connectivity index (χ1) is 15.4. The van der Waals surface area contributed by atoms with E-state index in [1.165, 1.54) is 6.07 Å². The Morgan fingerprint density at radius 3 is 2.66 bits per heavy atom. The predicted octanol–water partition coefficient (Wildman–Crippen LogP) is 3.93. The molecule has 0 radical (unpaired) electrons. The molecule has 0 spiro atoms. The van der Waals surface area contributed by atoms with Crippen molar-refractivity contribution in [3.63, 3.8) is 0 Å². The first-order valence-corrected chi connectivity index (χ1v) is 10.0. The van der Waals surface area contributed by atoms with E-state index in [1.807, 2.05) is 6.07 Å². The van der Waals surface area contributed by atoms with Crippen molar-refractivity contribution in [2.75, 3.05) is 27.6 Å². The molecule has 0 saturated heterocycles. The van der Waals surface area contributed by atoms with E-state index in [1.54, 1.807) is 20.3 Å². The highest BCUT2D eigenvalue weighted by Crippen LogP contribution is 2.50. The number of nitrogens with zero attached hydrogens (tertiary/aromatic N) is 1. The number of hydrogen-bond acceptors (Lipinski definition) is 7. The quantitative estimate of drug-likeness (QED) is 0.655. The van der Waals surface area contributed by atoms with Gasteiger partial charge in [-0.2, -0.15) is 13.2 Å². The standard InChI is InChI=1S/C22H23F3N2O5/c1-28-18-8-14(19(29-2)21-20(18)30-12-31-21)7-17-9-16(27-32-17)11-26-10-13-4-3-5-15(6-13)22(23,24)25/h3-6,8,17,26H,7,9-12H2,1-2H3/t17-/m1/s1. The summed E-state index contributed by atoms with van der Waals surface area (Å²) in [5.41, 5.74) is 1.51. The molecule has 0 aliphatic carbocycles. The van der Waals surface area contributed by atoms with Crippen LogP contribution in [-0.2, 0) is 24.0 Å². The average molecular weight is 452 g/mol. The van der Waals surface area contributed by atoms with Gasteiger partial charge < -0.3 is 29.1 Å². The Morgan fingerprint density at radius 2 is 1.91 bits per heavy atom. The summed E-state index contributed by atoms with van der Waals surface area (Å²) in [6.07, 6.45) is -3.48. The second kappa shape index (κ2) is 9.15. The molecule has 2 heterocycles. The highest BCUT2D eigenvalue weighted by atomic mass is 19.4. The van der Waals surface area contributed by atoms with Crippen molar-refractivity contribution < 1.29 is 37.0 Å². The molecule has 2 aliphatic heterocycles. The fourth-order valence-electron chi connectivity index (χ4n) is 3.75. The van der Waals surface area contributed by atoms with Gasteiger partial charge in [0.05, 0.1) is 25.5 Å². The van der Waals surface area contributed by atoms with Crippen molar-refractivity contribution in [2.45, 2.75) is 31.7 Å². The number of nitrogens with one attached hydrogen (secondary N) is 1. The highest BCUT2D eigenvalue weighted by Gasteiger charge is 2.31. The zero-order chi connectivity index (χ0) is 22.7. The number of benzene rings is 2. The van der Waals surface area contributed by atoms with E-state index in [0.29, 0.717) is 54.5 Å². The SMILES string of the molecule is COc1cc(C[C@@H]2CC(CNCc3cccc(C(F)(F)F)c3)=NO2)c(OC)c2c1OCO2. The molecule has 32 heavy (non-hydrogen) atoms. The van der Waals surface area contributed by atoms with Gasteiger partial charge in [0, 0.05) is 31.5 Å². The van der Waals surface area contributed by atoms with E-state index in [0.717, 1.165) is 23.4 Å². The van der Waals surface area contributed by atoms with Crippen LogP contribution in [0.3, 0.4) is 0 Å². The third-order valence-electron chi connectivity index (χ3n) is 5.22.